The van der Waals surface area contributed by atoms with E-state index in [1.165, 1.54) is 12.1 Å². The molecule has 1 aromatic rings. The molecule has 1 rings (SSSR count). The van der Waals surface area contributed by atoms with Gasteiger partial charge in [-0.3, -0.25) is 0 Å². The first kappa shape index (κ1) is 15.1. The molecule has 0 saturated carbocycles. The van der Waals surface area contributed by atoms with E-state index < -0.39 is 0 Å². The summed E-state index contributed by atoms with van der Waals surface area (Å²) in [5.74, 6) is -0.706. The fourth-order valence-corrected chi connectivity index (χ4v) is 2.04. The molecule has 1 unspecified atom stereocenters. The van der Waals surface area contributed by atoms with Crippen molar-refractivity contribution in [1.29, 1.82) is 0 Å². The van der Waals surface area contributed by atoms with E-state index in [0.717, 1.165) is 19.0 Å². The Bertz CT molecular complexity index is 388. The molecule has 0 aliphatic carbocycles. The molecule has 0 amide bonds. The second-order valence-corrected chi connectivity index (χ2v) is 5.39. The third kappa shape index (κ3) is 3.77. The van der Waals surface area contributed by atoms with E-state index in [1.54, 1.807) is 0 Å². The number of halogens is 2. The van der Waals surface area contributed by atoms with Crippen LogP contribution in [0, 0.1) is 17.0 Å². The molecule has 102 valence electrons. The molecule has 1 atom stereocenters. The summed E-state index contributed by atoms with van der Waals surface area (Å²) < 4.78 is 26.8. The predicted octanol–water partition coefficient (Wildman–Crippen LogP) is 3.92. The van der Waals surface area contributed by atoms with Gasteiger partial charge in [0.15, 0.2) is 0 Å². The molecule has 1 N–H and O–H groups in total. The maximum atomic E-state index is 13.7. The summed E-state index contributed by atoms with van der Waals surface area (Å²) in [6, 6.07) is 3.80. The SMILES string of the molecule is CCNC(Cc1cc(F)ccc1F)C(C)(C)CC. The quantitative estimate of drug-likeness (QED) is 0.812. The summed E-state index contributed by atoms with van der Waals surface area (Å²) in [7, 11) is 0. The van der Waals surface area contributed by atoms with Crippen molar-refractivity contribution in [2.75, 3.05) is 6.54 Å². The molecule has 0 radical (unpaired) electrons. The maximum absolute atomic E-state index is 13.7. The summed E-state index contributed by atoms with van der Waals surface area (Å²) in [5.41, 5.74) is 0.497. The first-order valence-electron chi connectivity index (χ1n) is 6.58. The molecule has 0 aliphatic heterocycles. The van der Waals surface area contributed by atoms with Crippen LogP contribution in [0.1, 0.15) is 39.7 Å². The van der Waals surface area contributed by atoms with E-state index in [-0.39, 0.29) is 23.1 Å². The molecule has 0 heterocycles. The average molecular weight is 255 g/mol. The highest BCUT2D eigenvalue weighted by molar-refractivity contribution is 5.20. The highest BCUT2D eigenvalue weighted by Crippen LogP contribution is 2.28. The third-order valence-corrected chi connectivity index (χ3v) is 3.74. The van der Waals surface area contributed by atoms with Crippen molar-refractivity contribution in [3.63, 3.8) is 0 Å². The lowest BCUT2D eigenvalue weighted by atomic mass is 9.79. The molecular formula is C15H23F2N. The highest BCUT2D eigenvalue weighted by Gasteiger charge is 2.27. The standard InChI is InChI=1S/C15H23F2N/c1-5-15(3,4)14(18-6-2)10-11-9-12(16)7-8-13(11)17/h7-9,14,18H,5-6,10H2,1-4H3. The van der Waals surface area contributed by atoms with Crippen molar-refractivity contribution in [1.82, 2.24) is 5.32 Å². The van der Waals surface area contributed by atoms with Crippen LogP contribution >= 0.6 is 0 Å². The zero-order valence-electron chi connectivity index (χ0n) is 11.7. The van der Waals surface area contributed by atoms with Crippen LogP contribution in [0.4, 0.5) is 8.78 Å². The first-order valence-corrected chi connectivity index (χ1v) is 6.58. The van der Waals surface area contributed by atoms with Crippen LogP contribution in [0.5, 0.6) is 0 Å². The van der Waals surface area contributed by atoms with E-state index >= 15 is 0 Å². The summed E-state index contributed by atoms with van der Waals surface area (Å²) in [6.45, 7) is 9.27. The number of benzene rings is 1. The number of hydrogen-bond donors (Lipinski definition) is 1. The Kier molecular flexibility index (Phi) is 5.27. The molecule has 0 aromatic heterocycles. The van der Waals surface area contributed by atoms with Crippen LogP contribution in [0.25, 0.3) is 0 Å². The van der Waals surface area contributed by atoms with Crippen molar-refractivity contribution in [2.45, 2.75) is 46.6 Å². The summed E-state index contributed by atoms with van der Waals surface area (Å²) in [5, 5.41) is 3.38. The lowest BCUT2D eigenvalue weighted by Crippen LogP contribution is -2.43. The largest absolute Gasteiger partial charge is 0.313 e. The minimum absolute atomic E-state index is 0.0504. The minimum atomic E-state index is -0.379. The van der Waals surface area contributed by atoms with Crippen LogP contribution in [0.3, 0.4) is 0 Å². The number of nitrogens with one attached hydrogen (secondary N) is 1. The minimum Gasteiger partial charge on any atom is -0.313 e. The zero-order valence-corrected chi connectivity index (χ0v) is 11.7. The van der Waals surface area contributed by atoms with Gasteiger partial charge in [-0.1, -0.05) is 27.7 Å². The molecule has 3 heteroatoms. The lowest BCUT2D eigenvalue weighted by Gasteiger charge is -2.34. The van der Waals surface area contributed by atoms with Crippen molar-refractivity contribution < 1.29 is 8.78 Å². The molecule has 0 fully saturated rings. The summed E-state index contributed by atoms with van der Waals surface area (Å²) in [6.07, 6.45) is 1.50. The fourth-order valence-electron chi connectivity index (χ4n) is 2.04. The van der Waals surface area contributed by atoms with Gasteiger partial charge in [-0.05, 0) is 48.6 Å². The van der Waals surface area contributed by atoms with Gasteiger partial charge in [-0.2, -0.15) is 0 Å². The molecular weight excluding hydrogens is 232 g/mol. The van der Waals surface area contributed by atoms with E-state index in [9.17, 15) is 8.78 Å². The van der Waals surface area contributed by atoms with Crippen LogP contribution in [-0.2, 0) is 6.42 Å². The Hall–Kier alpha value is -0.960. The average Bonchev–Trinajstić information content (AvgIpc) is 2.33. The number of rotatable bonds is 6. The van der Waals surface area contributed by atoms with E-state index in [0.29, 0.717) is 12.0 Å². The number of likely N-dealkylation sites (N-methyl/N-ethyl adjacent to an activating group) is 1. The van der Waals surface area contributed by atoms with Gasteiger partial charge in [0.1, 0.15) is 11.6 Å². The van der Waals surface area contributed by atoms with E-state index in [1.807, 2.05) is 6.92 Å². The van der Waals surface area contributed by atoms with Crippen LogP contribution in [-0.4, -0.2) is 12.6 Å². The normalized spacial score (nSPS) is 13.7. The second-order valence-electron chi connectivity index (χ2n) is 5.39. The molecule has 0 bridgehead atoms. The van der Waals surface area contributed by atoms with E-state index in [2.05, 4.69) is 26.1 Å². The Labute approximate surface area is 109 Å². The maximum Gasteiger partial charge on any atom is 0.126 e. The van der Waals surface area contributed by atoms with E-state index in [4.69, 9.17) is 0 Å². The van der Waals surface area contributed by atoms with Gasteiger partial charge in [0, 0.05) is 6.04 Å². The second kappa shape index (κ2) is 6.28. The summed E-state index contributed by atoms with van der Waals surface area (Å²) >= 11 is 0. The van der Waals surface area contributed by atoms with Gasteiger partial charge >= 0.3 is 0 Å². The van der Waals surface area contributed by atoms with Gasteiger partial charge in [0.25, 0.3) is 0 Å². The van der Waals surface area contributed by atoms with Crippen LogP contribution < -0.4 is 5.32 Å². The van der Waals surface area contributed by atoms with Crippen molar-refractivity contribution in [3.8, 4) is 0 Å². The Morgan fingerprint density at radius 1 is 1.22 bits per heavy atom. The van der Waals surface area contributed by atoms with Crippen molar-refractivity contribution in [2.24, 2.45) is 5.41 Å². The molecule has 18 heavy (non-hydrogen) atoms. The van der Waals surface area contributed by atoms with Crippen molar-refractivity contribution in [3.05, 3.63) is 35.4 Å². The highest BCUT2D eigenvalue weighted by atomic mass is 19.1. The predicted molar refractivity (Wildman–Crippen MR) is 71.6 cm³/mol. The van der Waals surface area contributed by atoms with Gasteiger partial charge in [0.2, 0.25) is 0 Å². The van der Waals surface area contributed by atoms with Gasteiger partial charge < -0.3 is 5.32 Å². The van der Waals surface area contributed by atoms with Crippen LogP contribution in [0.2, 0.25) is 0 Å². The third-order valence-electron chi connectivity index (χ3n) is 3.74. The monoisotopic (exact) mass is 255 g/mol. The molecule has 0 saturated heterocycles. The van der Waals surface area contributed by atoms with Crippen LogP contribution in [0.15, 0.2) is 18.2 Å². The van der Waals surface area contributed by atoms with Gasteiger partial charge in [-0.25, -0.2) is 8.78 Å². The fraction of sp³-hybridized carbons (Fsp3) is 0.600. The molecule has 1 nitrogen and oxygen atoms in total. The molecule has 0 aliphatic rings. The van der Waals surface area contributed by atoms with Crippen molar-refractivity contribution >= 4 is 0 Å². The smallest absolute Gasteiger partial charge is 0.126 e. The van der Waals surface area contributed by atoms with Gasteiger partial charge in [-0.15, -0.1) is 0 Å². The Morgan fingerprint density at radius 2 is 1.89 bits per heavy atom. The zero-order chi connectivity index (χ0) is 13.8. The van der Waals surface area contributed by atoms with Gasteiger partial charge in [0.05, 0.1) is 0 Å². The molecule has 1 aromatic carbocycles. The topological polar surface area (TPSA) is 12.0 Å². The summed E-state index contributed by atoms with van der Waals surface area (Å²) in [4.78, 5) is 0. The number of hydrogen-bond acceptors (Lipinski definition) is 1. The molecule has 0 spiro atoms. The lowest BCUT2D eigenvalue weighted by molar-refractivity contribution is 0.231. The Morgan fingerprint density at radius 3 is 2.44 bits per heavy atom. The Balaban J connectivity index is 2.93. The first-order chi connectivity index (χ1) is 8.40.